The van der Waals surface area contributed by atoms with Crippen LogP contribution in [0.4, 0.5) is 5.69 Å². The Morgan fingerprint density at radius 1 is 0.974 bits per heavy atom. The van der Waals surface area contributed by atoms with Gasteiger partial charge < -0.3 is 0 Å². The van der Waals surface area contributed by atoms with E-state index >= 15 is 0 Å². The smallest absolute Gasteiger partial charge is 0.271 e. The highest BCUT2D eigenvalue weighted by Gasteiger charge is 2.34. The highest BCUT2D eigenvalue weighted by Crippen LogP contribution is 2.47. The van der Waals surface area contributed by atoms with Crippen molar-refractivity contribution in [2.75, 3.05) is 0 Å². The number of nitro groups is 1. The van der Waals surface area contributed by atoms with E-state index in [1.54, 1.807) is 18.2 Å². The van der Waals surface area contributed by atoms with Gasteiger partial charge in [-0.15, -0.1) is 11.3 Å². The Bertz CT molecular complexity index is 1820. The molecular formula is C27H19Cl2N5O4S. The van der Waals surface area contributed by atoms with Gasteiger partial charge in [-0.3, -0.25) is 19.9 Å². The minimum Gasteiger partial charge on any atom is -0.271 e. The zero-order chi connectivity index (χ0) is 27.9. The average molecular weight is 580 g/mol. The molecule has 2 aromatic heterocycles. The van der Waals surface area contributed by atoms with Crippen molar-refractivity contribution in [3.8, 4) is 27.4 Å². The first-order chi connectivity index (χ1) is 18.6. The van der Waals surface area contributed by atoms with Crippen LogP contribution in [-0.2, 0) is 5.41 Å². The third-order valence-corrected chi connectivity index (χ3v) is 8.16. The van der Waals surface area contributed by atoms with E-state index in [-0.39, 0.29) is 21.4 Å². The minimum absolute atomic E-state index is 0.0199. The number of hydrogen-bond donors (Lipinski definition) is 1. The summed E-state index contributed by atoms with van der Waals surface area (Å²) in [5.41, 5.74) is 0.888. The predicted octanol–water partition coefficient (Wildman–Crippen LogP) is 6.25. The monoisotopic (exact) mass is 579 g/mol. The van der Waals surface area contributed by atoms with E-state index in [1.165, 1.54) is 23.5 Å². The fourth-order valence-electron chi connectivity index (χ4n) is 4.26. The summed E-state index contributed by atoms with van der Waals surface area (Å²) in [6, 6.07) is 19.1. The van der Waals surface area contributed by atoms with Gasteiger partial charge in [0.25, 0.3) is 11.2 Å². The Labute approximate surface area is 235 Å². The lowest BCUT2D eigenvalue weighted by Gasteiger charge is -2.26. The van der Waals surface area contributed by atoms with Crippen molar-refractivity contribution in [1.29, 1.82) is 0 Å². The normalized spacial score (nSPS) is 11.5. The van der Waals surface area contributed by atoms with E-state index in [2.05, 4.69) is 10.1 Å². The molecule has 5 aromatic rings. The number of nitro benzene ring substituents is 1. The van der Waals surface area contributed by atoms with Gasteiger partial charge in [0.05, 0.1) is 21.2 Å². The summed E-state index contributed by atoms with van der Waals surface area (Å²) in [5.74, 6) is 0. The summed E-state index contributed by atoms with van der Waals surface area (Å²) in [4.78, 5) is 42.6. The van der Waals surface area contributed by atoms with E-state index in [1.807, 2.05) is 50.2 Å². The van der Waals surface area contributed by atoms with Gasteiger partial charge in [-0.05, 0) is 26.0 Å². The molecular weight excluding hydrogens is 561 g/mol. The molecule has 0 aliphatic rings. The average Bonchev–Trinajstić information content (AvgIpc) is 3.35. The number of aromatic nitrogens is 4. The second kappa shape index (κ2) is 10.2. The summed E-state index contributed by atoms with van der Waals surface area (Å²) in [6.07, 6.45) is 0.983. The van der Waals surface area contributed by atoms with Crippen LogP contribution in [0.25, 0.3) is 27.4 Å². The molecule has 0 fully saturated rings. The van der Waals surface area contributed by atoms with Gasteiger partial charge in [0.2, 0.25) is 0 Å². The lowest BCUT2D eigenvalue weighted by molar-refractivity contribution is -0.384. The molecule has 0 bridgehead atoms. The number of nitrogens with one attached hydrogen (secondary N) is 1. The van der Waals surface area contributed by atoms with Crippen LogP contribution < -0.4 is 11.2 Å². The maximum atomic E-state index is 12.3. The van der Waals surface area contributed by atoms with Gasteiger partial charge in [0.15, 0.2) is 0 Å². The lowest BCUT2D eigenvalue weighted by Crippen LogP contribution is -2.30. The predicted molar refractivity (Wildman–Crippen MR) is 152 cm³/mol. The molecule has 0 spiro atoms. The van der Waals surface area contributed by atoms with Crippen LogP contribution in [-0.4, -0.2) is 24.7 Å². The molecule has 3 aromatic carbocycles. The number of rotatable bonds is 6. The van der Waals surface area contributed by atoms with Gasteiger partial charge in [-0.2, -0.15) is 9.78 Å². The van der Waals surface area contributed by atoms with Crippen LogP contribution >= 0.6 is 34.5 Å². The van der Waals surface area contributed by atoms with Crippen molar-refractivity contribution in [1.82, 2.24) is 19.7 Å². The molecule has 0 radical (unpaired) electrons. The summed E-state index contributed by atoms with van der Waals surface area (Å²) >= 11 is 14.9. The van der Waals surface area contributed by atoms with E-state index in [0.29, 0.717) is 21.8 Å². The Kier molecular flexibility index (Phi) is 6.94. The van der Waals surface area contributed by atoms with E-state index in [0.717, 1.165) is 21.3 Å². The summed E-state index contributed by atoms with van der Waals surface area (Å²) in [6.45, 7) is 3.85. The molecule has 9 nitrogen and oxygen atoms in total. The Balaban J connectivity index is 1.67. The summed E-state index contributed by atoms with van der Waals surface area (Å²) in [7, 11) is 0. The number of non-ortho nitro benzene ring substituents is 1. The molecule has 196 valence electrons. The molecule has 0 unspecified atom stereocenters. The summed E-state index contributed by atoms with van der Waals surface area (Å²) in [5, 5.41) is 16.5. The standard InChI is InChI=1S/C27H19Cl2N5O4S/c1-27(2,22-19(28)12-18(13-20(22)29)33-26(36)31-21(35)14-30-33)25-32-23(15-7-4-3-5-8-15)24(39-25)16-9-6-10-17(11-16)34(37)38/h3-14H,1-2H3,(H,31,35,36). The van der Waals surface area contributed by atoms with E-state index in [9.17, 15) is 19.7 Å². The Hall–Kier alpha value is -4.12. The molecule has 39 heavy (non-hydrogen) atoms. The molecule has 5 rings (SSSR count). The Morgan fingerprint density at radius 3 is 2.28 bits per heavy atom. The molecule has 12 heteroatoms. The third kappa shape index (κ3) is 5.01. The first-order valence-corrected chi connectivity index (χ1v) is 13.1. The largest absolute Gasteiger partial charge is 0.349 e. The quantitative estimate of drug-likeness (QED) is 0.187. The highest BCUT2D eigenvalue weighted by atomic mass is 35.5. The minimum atomic E-state index is -0.802. The first kappa shape index (κ1) is 26.5. The lowest BCUT2D eigenvalue weighted by atomic mass is 9.85. The topological polar surface area (TPSA) is 124 Å². The number of hydrogen-bond acceptors (Lipinski definition) is 7. The van der Waals surface area contributed by atoms with Gasteiger partial charge in [-0.1, -0.05) is 65.7 Å². The van der Waals surface area contributed by atoms with Crippen molar-refractivity contribution >= 4 is 40.2 Å². The van der Waals surface area contributed by atoms with Gasteiger partial charge in [-0.25, -0.2) is 9.78 Å². The van der Waals surface area contributed by atoms with Crippen LogP contribution in [0.15, 0.2) is 82.5 Å². The molecule has 0 saturated carbocycles. The van der Waals surface area contributed by atoms with Crippen molar-refractivity contribution in [2.24, 2.45) is 0 Å². The van der Waals surface area contributed by atoms with Gasteiger partial charge in [0.1, 0.15) is 11.2 Å². The second-order valence-electron chi connectivity index (χ2n) is 9.13. The number of aromatic amines is 1. The number of halogens is 2. The molecule has 1 N–H and O–H groups in total. The molecule has 0 amide bonds. The van der Waals surface area contributed by atoms with Crippen LogP contribution in [0.1, 0.15) is 24.4 Å². The van der Waals surface area contributed by atoms with E-state index < -0.39 is 21.6 Å². The van der Waals surface area contributed by atoms with Crippen LogP contribution in [0.5, 0.6) is 0 Å². The van der Waals surface area contributed by atoms with Crippen molar-refractivity contribution < 1.29 is 4.92 Å². The Morgan fingerprint density at radius 2 is 1.64 bits per heavy atom. The van der Waals surface area contributed by atoms with Gasteiger partial charge >= 0.3 is 5.69 Å². The van der Waals surface area contributed by atoms with Crippen LogP contribution in [0, 0.1) is 10.1 Å². The molecule has 0 aliphatic heterocycles. The maximum Gasteiger partial charge on any atom is 0.349 e. The van der Waals surface area contributed by atoms with Crippen molar-refractivity contribution in [3.05, 3.63) is 124 Å². The summed E-state index contributed by atoms with van der Waals surface area (Å²) < 4.78 is 0.993. The third-order valence-electron chi connectivity index (χ3n) is 6.14. The second-order valence-corrected chi connectivity index (χ2v) is 10.9. The first-order valence-electron chi connectivity index (χ1n) is 11.6. The SMILES string of the molecule is CC(C)(c1nc(-c2ccccc2)c(-c2cccc([N+](=O)[O-])c2)s1)c1c(Cl)cc(-n2ncc(=O)[nH]c2=O)cc1Cl. The van der Waals surface area contributed by atoms with Crippen LogP contribution in [0.3, 0.4) is 0 Å². The molecule has 2 heterocycles. The highest BCUT2D eigenvalue weighted by molar-refractivity contribution is 7.16. The number of thiazole rings is 1. The van der Waals surface area contributed by atoms with Gasteiger partial charge in [0, 0.05) is 44.3 Å². The fraction of sp³-hybridized carbons (Fsp3) is 0.111. The zero-order valence-electron chi connectivity index (χ0n) is 20.5. The van der Waals surface area contributed by atoms with Crippen molar-refractivity contribution in [2.45, 2.75) is 19.3 Å². The molecule has 0 atom stereocenters. The molecule has 0 saturated heterocycles. The van der Waals surface area contributed by atoms with Crippen LogP contribution in [0.2, 0.25) is 10.0 Å². The maximum absolute atomic E-state index is 12.3. The number of nitrogens with zero attached hydrogens (tertiary/aromatic N) is 4. The molecule has 0 aliphatic carbocycles. The number of H-pyrrole nitrogens is 1. The fourth-order valence-corrected chi connectivity index (χ4v) is 6.40. The zero-order valence-corrected chi connectivity index (χ0v) is 22.8. The van der Waals surface area contributed by atoms with E-state index in [4.69, 9.17) is 28.2 Å². The number of benzene rings is 3. The van der Waals surface area contributed by atoms with Crippen molar-refractivity contribution in [3.63, 3.8) is 0 Å².